The molecule has 0 aliphatic rings. The number of nitrogens with zero attached hydrogens (tertiary/aromatic N) is 2. The molecular formula is C10H11IN2O3. The fourth-order valence-electron chi connectivity index (χ4n) is 1.14. The molecule has 0 saturated carbocycles. The van der Waals surface area contributed by atoms with Crippen LogP contribution in [0.2, 0.25) is 0 Å². The maximum atomic E-state index is 11.9. The molecule has 0 aliphatic carbocycles. The Bertz CT molecular complexity index is 434. The van der Waals surface area contributed by atoms with Gasteiger partial charge < -0.3 is 4.90 Å². The van der Waals surface area contributed by atoms with E-state index in [2.05, 4.69) is 0 Å². The van der Waals surface area contributed by atoms with Crippen molar-refractivity contribution in [2.24, 2.45) is 0 Å². The molecule has 1 amide bonds. The van der Waals surface area contributed by atoms with Crippen molar-refractivity contribution in [2.75, 3.05) is 13.6 Å². The van der Waals surface area contributed by atoms with Crippen LogP contribution in [0.3, 0.4) is 0 Å². The number of hydrogen-bond donors (Lipinski definition) is 0. The van der Waals surface area contributed by atoms with Crippen LogP contribution >= 0.6 is 22.6 Å². The largest absolute Gasteiger partial charge is 0.342 e. The Morgan fingerprint density at radius 1 is 1.56 bits per heavy atom. The minimum atomic E-state index is -0.501. The van der Waals surface area contributed by atoms with Gasteiger partial charge in [0.25, 0.3) is 11.6 Å². The van der Waals surface area contributed by atoms with Gasteiger partial charge in [-0.3, -0.25) is 14.9 Å². The topological polar surface area (TPSA) is 63.5 Å². The van der Waals surface area contributed by atoms with Crippen LogP contribution in [0, 0.1) is 13.7 Å². The molecule has 0 bridgehead atoms. The summed E-state index contributed by atoms with van der Waals surface area (Å²) in [5.74, 6) is -0.199. The summed E-state index contributed by atoms with van der Waals surface area (Å²) >= 11 is 2.00. The predicted octanol–water partition coefficient (Wildman–Crippen LogP) is 2.29. The van der Waals surface area contributed by atoms with Crippen LogP contribution in [0.15, 0.2) is 18.2 Å². The summed E-state index contributed by atoms with van der Waals surface area (Å²) in [7, 11) is 1.66. The minimum absolute atomic E-state index is 0.0618. The van der Waals surface area contributed by atoms with Crippen molar-refractivity contribution in [3.63, 3.8) is 0 Å². The van der Waals surface area contributed by atoms with Crippen LogP contribution < -0.4 is 0 Å². The van der Waals surface area contributed by atoms with Gasteiger partial charge in [-0.25, -0.2) is 0 Å². The molecule has 0 radical (unpaired) electrons. The van der Waals surface area contributed by atoms with E-state index in [1.165, 1.54) is 17.0 Å². The standard InChI is InChI=1S/C10H11IN2O3/c1-3-12(2)10(14)8-6-7(13(15)16)4-5-9(8)11/h4-6H,3H2,1-2H3. The van der Waals surface area contributed by atoms with Crippen molar-refractivity contribution in [1.29, 1.82) is 0 Å². The molecule has 0 unspecified atom stereocenters. The van der Waals surface area contributed by atoms with Gasteiger partial charge in [0.05, 0.1) is 10.5 Å². The molecule has 6 heteroatoms. The molecule has 0 aromatic heterocycles. The van der Waals surface area contributed by atoms with Crippen LogP contribution in [-0.4, -0.2) is 29.3 Å². The maximum Gasteiger partial charge on any atom is 0.270 e. The number of non-ortho nitro benzene ring substituents is 1. The van der Waals surface area contributed by atoms with Crippen molar-refractivity contribution in [1.82, 2.24) is 4.90 Å². The van der Waals surface area contributed by atoms with Gasteiger partial charge in [0.2, 0.25) is 0 Å². The fraction of sp³-hybridized carbons (Fsp3) is 0.300. The normalized spacial score (nSPS) is 9.94. The first kappa shape index (κ1) is 12.9. The number of carbonyl (C=O) groups excluding carboxylic acids is 1. The molecule has 0 fully saturated rings. The fourth-order valence-corrected chi connectivity index (χ4v) is 1.71. The van der Waals surface area contributed by atoms with Gasteiger partial charge in [-0.2, -0.15) is 0 Å². The molecule has 0 spiro atoms. The summed E-state index contributed by atoms with van der Waals surface area (Å²) in [5.41, 5.74) is 0.312. The van der Waals surface area contributed by atoms with Crippen LogP contribution in [0.5, 0.6) is 0 Å². The Hall–Kier alpha value is -1.18. The zero-order valence-corrected chi connectivity index (χ0v) is 11.1. The van der Waals surface area contributed by atoms with E-state index in [1.807, 2.05) is 29.5 Å². The highest BCUT2D eigenvalue weighted by Gasteiger charge is 2.17. The first-order valence-electron chi connectivity index (χ1n) is 4.66. The highest BCUT2D eigenvalue weighted by Crippen LogP contribution is 2.20. The van der Waals surface area contributed by atoms with Gasteiger partial charge in [0.1, 0.15) is 0 Å². The second kappa shape index (κ2) is 5.24. The Labute approximate surface area is 107 Å². The molecule has 16 heavy (non-hydrogen) atoms. The van der Waals surface area contributed by atoms with Gasteiger partial charge in [0, 0.05) is 29.3 Å². The van der Waals surface area contributed by atoms with Crippen molar-refractivity contribution in [3.8, 4) is 0 Å². The molecule has 86 valence electrons. The van der Waals surface area contributed by atoms with Gasteiger partial charge in [-0.1, -0.05) is 0 Å². The van der Waals surface area contributed by atoms with E-state index in [4.69, 9.17) is 0 Å². The van der Waals surface area contributed by atoms with Crippen molar-refractivity contribution >= 4 is 34.2 Å². The molecule has 0 aliphatic heterocycles. The summed E-state index contributed by atoms with van der Waals surface area (Å²) < 4.78 is 0.716. The van der Waals surface area contributed by atoms with E-state index in [1.54, 1.807) is 13.1 Å². The molecule has 0 N–H and O–H groups in total. The highest BCUT2D eigenvalue weighted by molar-refractivity contribution is 14.1. The average Bonchev–Trinajstić information content (AvgIpc) is 2.27. The van der Waals surface area contributed by atoms with Crippen LogP contribution in [0.4, 0.5) is 5.69 Å². The minimum Gasteiger partial charge on any atom is -0.342 e. The van der Waals surface area contributed by atoms with Gasteiger partial charge in [-0.05, 0) is 35.6 Å². The van der Waals surface area contributed by atoms with E-state index in [9.17, 15) is 14.9 Å². The lowest BCUT2D eigenvalue weighted by Gasteiger charge is -2.15. The van der Waals surface area contributed by atoms with Crippen LogP contribution in [0.25, 0.3) is 0 Å². The number of nitro groups is 1. The third kappa shape index (κ3) is 2.69. The molecule has 1 rings (SSSR count). The number of amides is 1. The number of nitro benzene ring substituents is 1. The van der Waals surface area contributed by atoms with E-state index >= 15 is 0 Å². The lowest BCUT2D eigenvalue weighted by Crippen LogP contribution is -2.27. The van der Waals surface area contributed by atoms with Crippen molar-refractivity contribution < 1.29 is 9.72 Å². The molecule has 0 saturated heterocycles. The van der Waals surface area contributed by atoms with E-state index in [0.717, 1.165) is 0 Å². The SMILES string of the molecule is CCN(C)C(=O)c1cc([N+](=O)[O-])ccc1I. The number of carbonyl (C=O) groups is 1. The third-order valence-corrected chi connectivity index (χ3v) is 3.15. The van der Waals surface area contributed by atoms with Crippen LogP contribution in [0.1, 0.15) is 17.3 Å². The maximum absolute atomic E-state index is 11.9. The summed E-state index contributed by atoms with van der Waals surface area (Å²) in [6.07, 6.45) is 0. The first-order chi connectivity index (χ1) is 7.47. The second-order valence-electron chi connectivity index (χ2n) is 3.24. The molecule has 5 nitrogen and oxygen atoms in total. The molecule has 0 heterocycles. The van der Waals surface area contributed by atoms with Crippen molar-refractivity contribution in [2.45, 2.75) is 6.92 Å². The van der Waals surface area contributed by atoms with Crippen molar-refractivity contribution in [3.05, 3.63) is 37.4 Å². The summed E-state index contributed by atoms with van der Waals surface area (Å²) in [6, 6.07) is 4.29. The van der Waals surface area contributed by atoms with Gasteiger partial charge in [0.15, 0.2) is 0 Å². The zero-order valence-electron chi connectivity index (χ0n) is 8.94. The first-order valence-corrected chi connectivity index (χ1v) is 5.74. The molecule has 0 atom stereocenters. The van der Waals surface area contributed by atoms with E-state index < -0.39 is 4.92 Å². The molecular weight excluding hydrogens is 323 g/mol. The lowest BCUT2D eigenvalue weighted by atomic mass is 10.2. The van der Waals surface area contributed by atoms with Gasteiger partial charge >= 0.3 is 0 Å². The number of benzene rings is 1. The summed E-state index contributed by atoms with van der Waals surface area (Å²) in [6.45, 7) is 2.42. The smallest absolute Gasteiger partial charge is 0.270 e. The van der Waals surface area contributed by atoms with E-state index in [0.29, 0.717) is 15.7 Å². The molecule has 1 aromatic carbocycles. The Morgan fingerprint density at radius 2 is 2.19 bits per heavy atom. The molecule has 1 aromatic rings. The van der Waals surface area contributed by atoms with E-state index in [-0.39, 0.29) is 11.6 Å². The Kier molecular flexibility index (Phi) is 4.22. The Balaban J connectivity index is 3.17. The highest BCUT2D eigenvalue weighted by atomic mass is 127. The number of rotatable bonds is 3. The zero-order chi connectivity index (χ0) is 12.3. The third-order valence-electron chi connectivity index (χ3n) is 2.21. The van der Waals surface area contributed by atoms with Gasteiger partial charge in [-0.15, -0.1) is 0 Å². The predicted molar refractivity (Wildman–Crippen MR) is 68.4 cm³/mol. The Morgan fingerprint density at radius 3 is 2.69 bits per heavy atom. The number of hydrogen-bond acceptors (Lipinski definition) is 3. The monoisotopic (exact) mass is 334 g/mol. The summed E-state index contributed by atoms with van der Waals surface area (Å²) in [4.78, 5) is 23.5. The second-order valence-corrected chi connectivity index (χ2v) is 4.40. The quantitative estimate of drug-likeness (QED) is 0.484. The lowest BCUT2D eigenvalue weighted by molar-refractivity contribution is -0.384. The van der Waals surface area contributed by atoms with Crippen LogP contribution in [-0.2, 0) is 0 Å². The summed E-state index contributed by atoms with van der Waals surface area (Å²) in [5, 5.41) is 10.6. The number of halogens is 1. The average molecular weight is 334 g/mol.